The van der Waals surface area contributed by atoms with Crippen molar-refractivity contribution in [2.75, 3.05) is 54.7 Å². The lowest BCUT2D eigenvalue weighted by atomic mass is 9.82. The van der Waals surface area contributed by atoms with Gasteiger partial charge in [-0.25, -0.2) is 0 Å². The van der Waals surface area contributed by atoms with Crippen LogP contribution in [0, 0.1) is 0 Å². The molecule has 3 aliphatic heterocycles. The molecule has 0 N–H and O–H groups in total. The van der Waals surface area contributed by atoms with E-state index >= 15 is 0 Å². The number of amides is 1. The standard InChI is InChI=1S/C30H39N3O5/c1-7-33-19-32-18-22-15-25(37-5)17-26(38-6)28(22)20(2)12-27(32)30(33)8-10-31(11-9-30)29(34)21-13-23(35-3)16-24(14-21)36-4/h12-17,20H,7-11,18-19H2,1-6H3. The number of likely N-dealkylation sites (tertiary alicyclic amines) is 1. The zero-order valence-corrected chi connectivity index (χ0v) is 23.4. The Morgan fingerprint density at radius 3 is 2.13 bits per heavy atom. The van der Waals surface area contributed by atoms with Gasteiger partial charge in [0.05, 0.1) is 40.6 Å². The van der Waals surface area contributed by atoms with Crippen LogP contribution in [0.15, 0.2) is 42.1 Å². The van der Waals surface area contributed by atoms with Crippen molar-refractivity contribution in [3.63, 3.8) is 0 Å². The molecular formula is C30H39N3O5. The lowest BCUT2D eigenvalue weighted by molar-refractivity contribution is 0.0517. The molecule has 2 aromatic carbocycles. The molecule has 0 saturated carbocycles. The van der Waals surface area contributed by atoms with Gasteiger partial charge in [0, 0.05) is 54.5 Å². The summed E-state index contributed by atoms with van der Waals surface area (Å²) < 4.78 is 22.2. The van der Waals surface area contributed by atoms with Crippen molar-refractivity contribution in [2.24, 2.45) is 0 Å². The van der Waals surface area contributed by atoms with Crippen molar-refractivity contribution in [2.45, 2.75) is 44.7 Å². The summed E-state index contributed by atoms with van der Waals surface area (Å²) in [7, 11) is 6.63. The zero-order chi connectivity index (χ0) is 27.0. The number of allylic oxidation sites excluding steroid dienone is 1. The summed E-state index contributed by atoms with van der Waals surface area (Å²) >= 11 is 0. The van der Waals surface area contributed by atoms with Crippen LogP contribution in [0.3, 0.4) is 0 Å². The first-order chi connectivity index (χ1) is 18.4. The number of methoxy groups -OCH3 is 4. The Kier molecular flexibility index (Phi) is 7.18. The third-order valence-corrected chi connectivity index (χ3v) is 8.50. The molecule has 0 radical (unpaired) electrons. The third kappa shape index (κ3) is 4.34. The molecule has 2 fully saturated rings. The van der Waals surface area contributed by atoms with Crippen molar-refractivity contribution in [3.05, 3.63) is 58.8 Å². The van der Waals surface area contributed by atoms with Crippen molar-refractivity contribution in [3.8, 4) is 23.0 Å². The maximum atomic E-state index is 13.5. The number of fused-ring (bicyclic) bond motifs is 3. The summed E-state index contributed by atoms with van der Waals surface area (Å²) in [5, 5.41) is 0. The second-order valence-corrected chi connectivity index (χ2v) is 10.4. The van der Waals surface area contributed by atoms with E-state index in [1.807, 2.05) is 11.0 Å². The van der Waals surface area contributed by atoms with E-state index in [-0.39, 0.29) is 17.4 Å². The highest BCUT2D eigenvalue weighted by molar-refractivity contribution is 5.95. The van der Waals surface area contributed by atoms with Crippen LogP contribution in [0.1, 0.15) is 54.1 Å². The number of carbonyl (C=O) groups excluding carboxylic acids is 1. The topological polar surface area (TPSA) is 63.7 Å². The minimum atomic E-state index is -0.0920. The van der Waals surface area contributed by atoms with Gasteiger partial charge in [-0.15, -0.1) is 0 Å². The number of likely N-dealkylation sites (N-methyl/N-ethyl adjacent to an activating group) is 1. The number of ether oxygens (including phenoxy) is 4. The van der Waals surface area contributed by atoms with Crippen LogP contribution in [0.25, 0.3) is 0 Å². The van der Waals surface area contributed by atoms with Gasteiger partial charge in [-0.3, -0.25) is 9.69 Å². The van der Waals surface area contributed by atoms with Gasteiger partial charge in [-0.2, -0.15) is 0 Å². The van der Waals surface area contributed by atoms with E-state index in [4.69, 9.17) is 18.9 Å². The summed E-state index contributed by atoms with van der Waals surface area (Å²) in [6, 6.07) is 9.50. The van der Waals surface area contributed by atoms with E-state index in [1.165, 1.54) is 16.8 Å². The lowest BCUT2D eigenvalue weighted by Crippen LogP contribution is -2.54. The highest BCUT2D eigenvalue weighted by Crippen LogP contribution is 2.48. The van der Waals surface area contributed by atoms with Gasteiger partial charge in [0.2, 0.25) is 0 Å². The first-order valence-corrected chi connectivity index (χ1v) is 13.4. The maximum Gasteiger partial charge on any atom is 0.254 e. The molecule has 8 heteroatoms. The number of carbonyl (C=O) groups is 1. The van der Waals surface area contributed by atoms with Gasteiger partial charge >= 0.3 is 0 Å². The normalized spacial score (nSPS) is 20.4. The largest absolute Gasteiger partial charge is 0.497 e. The van der Waals surface area contributed by atoms with E-state index in [0.29, 0.717) is 30.2 Å². The summed E-state index contributed by atoms with van der Waals surface area (Å²) in [6.07, 6.45) is 4.21. The average molecular weight is 522 g/mol. The summed E-state index contributed by atoms with van der Waals surface area (Å²) in [6.45, 7) is 8.51. The molecule has 2 saturated heterocycles. The fraction of sp³-hybridized carbons (Fsp3) is 0.500. The Labute approximate surface area is 225 Å². The second-order valence-electron chi connectivity index (χ2n) is 10.4. The van der Waals surface area contributed by atoms with E-state index < -0.39 is 0 Å². The van der Waals surface area contributed by atoms with E-state index in [1.54, 1.807) is 46.6 Å². The molecular weight excluding hydrogens is 482 g/mol. The van der Waals surface area contributed by atoms with Crippen LogP contribution < -0.4 is 18.9 Å². The molecule has 0 bridgehead atoms. The monoisotopic (exact) mass is 521 g/mol. The smallest absolute Gasteiger partial charge is 0.254 e. The Morgan fingerprint density at radius 2 is 1.55 bits per heavy atom. The van der Waals surface area contributed by atoms with E-state index in [0.717, 1.165) is 44.1 Å². The second kappa shape index (κ2) is 10.4. The molecule has 5 rings (SSSR count). The average Bonchev–Trinajstić information content (AvgIpc) is 3.13. The van der Waals surface area contributed by atoms with Gasteiger partial charge in [0.1, 0.15) is 23.0 Å². The Hall–Kier alpha value is -3.39. The summed E-state index contributed by atoms with van der Waals surface area (Å²) in [5.41, 5.74) is 4.35. The van der Waals surface area contributed by atoms with Gasteiger partial charge in [-0.05, 0) is 43.1 Å². The molecule has 2 aromatic rings. The minimum absolute atomic E-state index is 0.0161. The predicted molar refractivity (Wildman–Crippen MR) is 146 cm³/mol. The van der Waals surface area contributed by atoms with Crippen LogP contribution >= 0.6 is 0 Å². The molecule has 8 nitrogen and oxygen atoms in total. The third-order valence-electron chi connectivity index (χ3n) is 8.50. The minimum Gasteiger partial charge on any atom is -0.497 e. The molecule has 38 heavy (non-hydrogen) atoms. The van der Waals surface area contributed by atoms with Crippen LogP contribution in [0.2, 0.25) is 0 Å². The zero-order valence-electron chi connectivity index (χ0n) is 23.4. The number of hydrogen-bond donors (Lipinski definition) is 0. The number of hydrogen-bond acceptors (Lipinski definition) is 7. The van der Waals surface area contributed by atoms with Crippen LogP contribution in [-0.2, 0) is 6.54 Å². The van der Waals surface area contributed by atoms with Gasteiger partial charge in [0.25, 0.3) is 5.91 Å². The molecule has 1 atom stereocenters. The van der Waals surface area contributed by atoms with Crippen LogP contribution in [0.5, 0.6) is 23.0 Å². The fourth-order valence-corrected chi connectivity index (χ4v) is 6.55. The lowest BCUT2D eigenvalue weighted by Gasteiger charge is -2.44. The molecule has 1 spiro atoms. The first-order valence-electron chi connectivity index (χ1n) is 13.4. The first kappa shape index (κ1) is 26.2. The maximum absolute atomic E-state index is 13.5. The van der Waals surface area contributed by atoms with Crippen LogP contribution in [0.4, 0.5) is 0 Å². The molecule has 3 heterocycles. The highest BCUT2D eigenvalue weighted by atomic mass is 16.5. The summed E-state index contributed by atoms with van der Waals surface area (Å²) in [5.74, 6) is 3.15. The van der Waals surface area contributed by atoms with Gasteiger partial charge in [0.15, 0.2) is 0 Å². The van der Waals surface area contributed by atoms with Crippen molar-refractivity contribution in [1.29, 1.82) is 0 Å². The number of piperidine rings is 1. The summed E-state index contributed by atoms with van der Waals surface area (Å²) in [4.78, 5) is 20.6. The Bertz CT molecular complexity index is 1210. The SMILES string of the molecule is CCN1CN2Cc3cc(OC)cc(OC)c3C(C)C=C2C12CCN(C(=O)c1cc(OC)cc(OC)c1)CC2. The van der Waals surface area contributed by atoms with Crippen molar-refractivity contribution < 1.29 is 23.7 Å². The van der Waals surface area contributed by atoms with Crippen LogP contribution in [-0.4, -0.2) is 80.9 Å². The van der Waals surface area contributed by atoms with E-state index in [9.17, 15) is 4.79 Å². The molecule has 1 unspecified atom stereocenters. The van der Waals surface area contributed by atoms with Gasteiger partial charge in [-0.1, -0.05) is 19.9 Å². The molecule has 204 valence electrons. The highest BCUT2D eigenvalue weighted by Gasteiger charge is 2.51. The van der Waals surface area contributed by atoms with Crippen molar-refractivity contribution in [1.82, 2.24) is 14.7 Å². The number of benzene rings is 2. The van der Waals surface area contributed by atoms with Crippen molar-refractivity contribution >= 4 is 5.91 Å². The Balaban J connectivity index is 1.42. The fourth-order valence-electron chi connectivity index (χ4n) is 6.55. The van der Waals surface area contributed by atoms with E-state index in [2.05, 4.69) is 35.8 Å². The molecule has 0 aromatic heterocycles. The molecule has 1 amide bonds. The van der Waals surface area contributed by atoms with Gasteiger partial charge < -0.3 is 28.7 Å². The quantitative estimate of drug-likeness (QED) is 0.555. The Morgan fingerprint density at radius 1 is 0.921 bits per heavy atom. The molecule has 3 aliphatic rings. The number of rotatable bonds is 6. The molecule has 0 aliphatic carbocycles. The predicted octanol–water partition coefficient (Wildman–Crippen LogP) is 4.49. The number of nitrogens with zero attached hydrogens (tertiary/aromatic N) is 3.